The van der Waals surface area contributed by atoms with Crippen molar-refractivity contribution in [3.8, 4) is 0 Å². The van der Waals surface area contributed by atoms with Crippen LogP contribution in [0.4, 0.5) is 0 Å². The predicted octanol–water partition coefficient (Wildman–Crippen LogP) is 5.22. The van der Waals surface area contributed by atoms with Gasteiger partial charge in [0.2, 0.25) is 0 Å². The number of nitrogens with one attached hydrogen (secondary N) is 1. The monoisotopic (exact) mass is 311 g/mol. The second-order valence-electron chi connectivity index (χ2n) is 5.57. The Labute approximate surface area is 135 Å². The average molecular weight is 312 g/mol. The van der Waals surface area contributed by atoms with Gasteiger partial charge in [0.15, 0.2) is 0 Å². The van der Waals surface area contributed by atoms with E-state index in [-0.39, 0.29) is 6.10 Å². The van der Waals surface area contributed by atoms with Gasteiger partial charge in [-0.05, 0) is 24.9 Å². The van der Waals surface area contributed by atoms with Crippen LogP contribution in [-0.2, 0) is 4.74 Å². The summed E-state index contributed by atoms with van der Waals surface area (Å²) < 4.78 is 6.21. The van der Waals surface area contributed by atoms with Crippen LogP contribution in [0.25, 0.3) is 0 Å². The Kier molecular flexibility index (Phi) is 9.73. The highest BCUT2D eigenvalue weighted by atomic mass is 35.5. The molecule has 0 amide bonds. The van der Waals surface area contributed by atoms with Crippen molar-refractivity contribution in [2.24, 2.45) is 5.92 Å². The fourth-order valence-corrected chi connectivity index (χ4v) is 2.68. The molecule has 1 N–H and O–H groups in total. The molecule has 21 heavy (non-hydrogen) atoms. The Morgan fingerprint density at radius 3 is 2.57 bits per heavy atom. The van der Waals surface area contributed by atoms with Gasteiger partial charge in [0.05, 0.1) is 12.7 Å². The maximum Gasteiger partial charge on any atom is 0.0963 e. The molecule has 0 heterocycles. The molecule has 1 aromatic carbocycles. The summed E-state index contributed by atoms with van der Waals surface area (Å²) in [4.78, 5) is 0. The Balaban J connectivity index is 2.63. The Bertz CT molecular complexity index is 383. The van der Waals surface area contributed by atoms with E-state index >= 15 is 0 Å². The van der Waals surface area contributed by atoms with Gasteiger partial charge in [-0.2, -0.15) is 0 Å². The molecule has 2 unspecified atom stereocenters. The van der Waals surface area contributed by atoms with Crippen molar-refractivity contribution in [2.75, 3.05) is 19.7 Å². The smallest absolute Gasteiger partial charge is 0.0963 e. The largest absolute Gasteiger partial charge is 0.372 e. The lowest BCUT2D eigenvalue weighted by molar-refractivity contribution is 0.0253. The van der Waals surface area contributed by atoms with E-state index in [0.717, 1.165) is 30.3 Å². The number of benzene rings is 1. The van der Waals surface area contributed by atoms with Gasteiger partial charge in [-0.1, -0.05) is 69.8 Å². The fourth-order valence-electron chi connectivity index (χ4n) is 2.42. The van der Waals surface area contributed by atoms with E-state index in [4.69, 9.17) is 16.3 Å². The first-order valence-corrected chi connectivity index (χ1v) is 8.67. The van der Waals surface area contributed by atoms with Crippen LogP contribution in [0.15, 0.2) is 24.3 Å². The number of hydrogen-bond acceptors (Lipinski definition) is 2. The third kappa shape index (κ3) is 6.82. The summed E-state index contributed by atoms with van der Waals surface area (Å²) in [6.07, 6.45) is 5.00. The molecule has 0 aliphatic heterocycles. The van der Waals surface area contributed by atoms with Gasteiger partial charge in [-0.25, -0.2) is 0 Å². The van der Waals surface area contributed by atoms with Gasteiger partial charge in [0.1, 0.15) is 0 Å². The van der Waals surface area contributed by atoms with Crippen LogP contribution in [-0.4, -0.2) is 19.7 Å². The molecule has 0 saturated carbocycles. The van der Waals surface area contributed by atoms with Crippen LogP contribution in [0.3, 0.4) is 0 Å². The lowest BCUT2D eigenvalue weighted by atomic mass is 10.0. The van der Waals surface area contributed by atoms with Crippen LogP contribution < -0.4 is 5.32 Å². The lowest BCUT2D eigenvalue weighted by Crippen LogP contribution is -2.25. The van der Waals surface area contributed by atoms with Crippen molar-refractivity contribution in [1.82, 2.24) is 5.32 Å². The highest BCUT2D eigenvalue weighted by Gasteiger charge is 2.16. The van der Waals surface area contributed by atoms with Gasteiger partial charge < -0.3 is 10.1 Å². The van der Waals surface area contributed by atoms with E-state index < -0.39 is 0 Å². The molecule has 0 radical (unpaired) electrons. The van der Waals surface area contributed by atoms with Gasteiger partial charge in [0, 0.05) is 17.1 Å². The van der Waals surface area contributed by atoms with Gasteiger partial charge in [-0.15, -0.1) is 0 Å². The first-order valence-electron chi connectivity index (χ1n) is 8.29. The summed E-state index contributed by atoms with van der Waals surface area (Å²) in [5, 5.41) is 4.17. The topological polar surface area (TPSA) is 21.3 Å². The highest BCUT2D eigenvalue weighted by molar-refractivity contribution is 6.31. The minimum absolute atomic E-state index is 0.0364. The first-order chi connectivity index (χ1) is 10.2. The molecular formula is C18H30ClNO. The van der Waals surface area contributed by atoms with Crippen LogP contribution in [0.1, 0.15) is 58.1 Å². The number of unbranched alkanes of at least 4 members (excludes halogenated alkanes) is 1. The zero-order chi connectivity index (χ0) is 15.5. The Hall–Kier alpha value is -0.570. The lowest BCUT2D eigenvalue weighted by Gasteiger charge is -2.23. The van der Waals surface area contributed by atoms with Gasteiger partial charge in [0.25, 0.3) is 0 Å². The van der Waals surface area contributed by atoms with E-state index in [1.165, 1.54) is 25.7 Å². The summed E-state index contributed by atoms with van der Waals surface area (Å²) in [5.41, 5.74) is 1.09. The minimum Gasteiger partial charge on any atom is -0.372 e. The van der Waals surface area contributed by atoms with Gasteiger partial charge >= 0.3 is 0 Å². The minimum atomic E-state index is 0.0364. The normalized spacial score (nSPS) is 14.1. The van der Waals surface area contributed by atoms with E-state index in [2.05, 4.69) is 32.2 Å². The van der Waals surface area contributed by atoms with Crippen LogP contribution in [0.5, 0.6) is 0 Å². The summed E-state index contributed by atoms with van der Waals surface area (Å²) >= 11 is 6.32. The number of halogens is 1. The third-order valence-electron chi connectivity index (χ3n) is 3.91. The van der Waals surface area contributed by atoms with Crippen LogP contribution in [0.2, 0.25) is 5.02 Å². The average Bonchev–Trinajstić information content (AvgIpc) is 2.51. The van der Waals surface area contributed by atoms with Crippen LogP contribution in [0, 0.1) is 5.92 Å². The standard InChI is InChI=1S/C18H30ClNO/c1-4-7-10-15(5-2)14-21-18(13-20-6-3)16-11-8-9-12-17(16)19/h8-9,11-12,15,18,20H,4-7,10,13-14H2,1-3H3. The fraction of sp³-hybridized carbons (Fsp3) is 0.667. The quantitative estimate of drug-likeness (QED) is 0.604. The van der Waals surface area contributed by atoms with E-state index in [1.807, 2.05) is 18.2 Å². The first kappa shape index (κ1) is 18.5. The summed E-state index contributed by atoms with van der Waals surface area (Å²) in [7, 11) is 0. The van der Waals surface area contributed by atoms with Crippen molar-refractivity contribution < 1.29 is 4.74 Å². The Morgan fingerprint density at radius 2 is 1.95 bits per heavy atom. The molecule has 0 aliphatic rings. The van der Waals surface area contributed by atoms with Crippen molar-refractivity contribution in [3.63, 3.8) is 0 Å². The van der Waals surface area contributed by atoms with Crippen molar-refractivity contribution in [1.29, 1.82) is 0 Å². The zero-order valence-electron chi connectivity index (χ0n) is 13.7. The third-order valence-corrected chi connectivity index (χ3v) is 4.25. The van der Waals surface area contributed by atoms with Crippen molar-refractivity contribution in [3.05, 3.63) is 34.9 Å². The molecule has 2 atom stereocenters. The molecule has 1 aromatic rings. The maximum atomic E-state index is 6.32. The number of ether oxygens (including phenoxy) is 1. The van der Waals surface area contributed by atoms with Crippen LogP contribution >= 0.6 is 11.6 Å². The molecule has 0 aliphatic carbocycles. The van der Waals surface area contributed by atoms with Crippen molar-refractivity contribution >= 4 is 11.6 Å². The molecule has 2 nitrogen and oxygen atoms in total. The molecule has 0 aromatic heterocycles. The maximum absolute atomic E-state index is 6.32. The highest BCUT2D eigenvalue weighted by Crippen LogP contribution is 2.26. The number of rotatable bonds is 11. The zero-order valence-corrected chi connectivity index (χ0v) is 14.5. The number of likely N-dealkylation sites (N-methyl/N-ethyl adjacent to an activating group) is 1. The molecule has 0 bridgehead atoms. The molecule has 0 fully saturated rings. The summed E-state index contributed by atoms with van der Waals surface area (Å²) in [6, 6.07) is 8.00. The summed E-state index contributed by atoms with van der Waals surface area (Å²) in [6.45, 7) is 9.17. The van der Waals surface area contributed by atoms with E-state index in [1.54, 1.807) is 0 Å². The predicted molar refractivity (Wildman–Crippen MR) is 92.0 cm³/mol. The molecular weight excluding hydrogens is 282 g/mol. The molecule has 1 rings (SSSR count). The van der Waals surface area contributed by atoms with E-state index in [9.17, 15) is 0 Å². The SMILES string of the molecule is CCCCC(CC)COC(CNCC)c1ccccc1Cl. The number of hydrogen-bond donors (Lipinski definition) is 1. The molecule has 3 heteroatoms. The Morgan fingerprint density at radius 1 is 1.19 bits per heavy atom. The molecule has 120 valence electrons. The second-order valence-corrected chi connectivity index (χ2v) is 5.97. The van der Waals surface area contributed by atoms with Crippen molar-refractivity contribution in [2.45, 2.75) is 52.6 Å². The van der Waals surface area contributed by atoms with E-state index in [0.29, 0.717) is 5.92 Å². The molecule has 0 spiro atoms. The summed E-state index contributed by atoms with van der Waals surface area (Å²) in [5.74, 6) is 0.650. The second kappa shape index (κ2) is 11.1. The van der Waals surface area contributed by atoms with Gasteiger partial charge in [-0.3, -0.25) is 0 Å². The molecule has 0 saturated heterocycles.